The molecule has 6 nitrogen and oxygen atoms in total. The van der Waals surface area contributed by atoms with Gasteiger partial charge < -0.3 is 9.64 Å². The Bertz CT molecular complexity index is 959. The molecule has 0 saturated carbocycles. The van der Waals surface area contributed by atoms with Gasteiger partial charge in [-0.05, 0) is 25.1 Å². The van der Waals surface area contributed by atoms with Gasteiger partial charge in [0, 0.05) is 33.0 Å². The quantitative estimate of drug-likeness (QED) is 0.707. The molecule has 3 heterocycles. The molecule has 1 aromatic carbocycles. The van der Waals surface area contributed by atoms with E-state index < -0.39 is 0 Å². The van der Waals surface area contributed by atoms with Crippen molar-refractivity contribution in [2.45, 2.75) is 25.9 Å². The number of fused-ring (bicyclic) bond motifs is 1. The molecule has 1 aliphatic heterocycles. The van der Waals surface area contributed by atoms with Crippen LogP contribution in [0.5, 0.6) is 5.19 Å². The third-order valence-corrected chi connectivity index (χ3v) is 5.48. The highest BCUT2D eigenvalue weighted by Gasteiger charge is 2.27. The summed E-state index contributed by atoms with van der Waals surface area (Å²) in [5.74, 6) is -0.339. The predicted octanol–water partition coefficient (Wildman–Crippen LogP) is 3.16. The maximum absolute atomic E-state index is 13.8. The second kappa shape index (κ2) is 6.68. The number of halogens is 1. The van der Waals surface area contributed by atoms with Crippen LogP contribution in [0.1, 0.15) is 29.0 Å². The van der Waals surface area contributed by atoms with Crippen molar-refractivity contribution in [3.05, 3.63) is 41.5 Å². The molecule has 1 aliphatic rings. The predicted molar refractivity (Wildman–Crippen MR) is 97.1 cm³/mol. The molecule has 0 spiro atoms. The van der Waals surface area contributed by atoms with Crippen molar-refractivity contribution in [3.63, 3.8) is 0 Å². The van der Waals surface area contributed by atoms with Crippen LogP contribution in [0.4, 0.5) is 4.39 Å². The summed E-state index contributed by atoms with van der Waals surface area (Å²) in [6.07, 6.45) is 1.43. The number of nitrogens with zero attached hydrogens (tertiary/aromatic N) is 4. The van der Waals surface area contributed by atoms with Gasteiger partial charge in [-0.15, -0.1) is 0 Å². The molecule has 0 unspecified atom stereocenters. The zero-order valence-electron chi connectivity index (χ0n) is 14.6. The molecular formula is C18H19FN4O2S. The second-order valence-corrected chi connectivity index (χ2v) is 7.46. The number of carbonyl (C=O) groups excluding carboxylic acids is 1. The number of thiazole rings is 1. The lowest BCUT2D eigenvalue weighted by Gasteiger charge is -2.31. The zero-order valence-corrected chi connectivity index (χ0v) is 15.4. The molecule has 136 valence electrons. The molecule has 2 aromatic heterocycles. The highest BCUT2D eigenvalue weighted by molar-refractivity contribution is 7.20. The van der Waals surface area contributed by atoms with E-state index in [1.165, 1.54) is 17.4 Å². The lowest BCUT2D eigenvalue weighted by molar-refractivity contribution is 0.0585. The third kappa shape index (κ3) is 3.16. The average molecular weight is 374 g/mol. The van der Waals surface area contributed by atoms with Crippen LogP contribution >= 0.6 is 11.3 Å². The van der Waals surface area contributed by atoms with E-state index in [2.05, 4.69) is 10.1 Å². The maximum Gasteiger partial charge on any atom is 0.274 e. The monoisotopic (exact) mass is 374 g/mol. The normalized spacial score (nSPS) is 15.6. The molecule has 0 bridgehead atoms. The number of rotatable bonds is 3. The first-order chi connectivity index (χ1) is 12.5. The summed E-state index contributed by atoms with van der Waals surface area (Å²) in [5.41, 5.74) is 1.78. The fourth-order valence-corrected chi connectivity index (χ4v) is 4.13. The Balaban J connectivity index is 1.39. The first kappa shape index (κ1) is 17.0. The first-order valence-electron chi connectivity index (χ1n) is 8.53. The van der Waals surface area contributed by atoms with Gasteiger partial charge in [0.1, 0.15) is 23.1 Å². The Morgan fingerprint density at radius 1 is 1.35 bits per heavy atom. The van der Waals surface area contributed by atoms with Gasteiger partial charge in [-0.25, -0.2) is 4.39 Å². The standard InChI is InChI=1S/C18H19FN4O2S/c1-11-10-14(22(2)21-11)17(24)23-8-6-12(7-9-23)25-18-20-16-13(19)4-3-5-15(16)26-18/h3-5,10,12H,6-9H2,1-2H3. The number of aryl methyl sites for hydroxylation is 2. The van der Waals surface area contributed by atoms with Gasteiger partial charge in [0.2, 0.25) is 0 Å². The molecule has 8 heteroatoms. The van der Waals surface area contributed by atoms with Gasteiger partial charge in [-0.2, -0.15) is 10.1 Å². The summed E-state index contributed by atoms with van der Waals surface area (Å²) in [5, 5.41) is 4.72. The van der Waals surface area contributed by atoms with Crippen molar-refractivity contribution >= 4 is 27.5 Å². The molecule has 1 amide bonds. The minimum atomic E-state index is -0.333. The molecule has 3 aromatic rings. The molecule has 1 saturated heterocycles. The van der Waals surface area contributed by atoms with E-state index in [0.717, 1.165) is 23.2 Å². The Kier molecular flexibility index (Phi) is 4.36. The number of para-hydroxylation sites is 1. The number of likely N-dealkylation sites (tertiary alicyclic amines) is 1. The van der Waals surface area contributed by atoms with Crippen molar-refractivity contribution in [1.82, 2.24) is 19.7 Å². The maximum atomic E-state index is 13.8. The minimum absolute atomic E-state index is 0.00592. The van der Waals surface area contributed by atoms with Crippen molar-refractivity contribution in [2.24, 2.45) is 7.05 Å². The second-order valence-electron chi connectivity index (χ2n) is 6.47. The number of hydrogen-bond donors (Lipinski definition) is 0. The number of piperidine rings is 1. The van der Waals surface area contributed by atoms with E-state index >= 15 is 0 Å². The van der Waals surface area contributed by atoms with E-state index in [1.54, 1.807) is 23.9 Å². The molecule has 0 aliphatic carbocycles. The topological polar surface area (TPSA) is 60.3 Å². The third-order valence-electron chi connectivity index (χ3n) is 4.57. The molecule has 1 fully saturated rings. The average Bonchev–Trinajstić information content (AvgIpc) is 3.18. The van der Waals surface area contributed by atoms with Crippen LogP contribution in [-0.4, -0.2) is 44.8 Å². The fourth-order valence-electron chi connectivity index (χ4n) is 3.24. The first-order valence-corrected chi connectivity index (χ1v) is 9.34. The zero-order chi connectivity index (χ0) is 18.3. The molecule has 0 atom stereocenters. The summed E-state index contributed by atoms with van der Waals surface area (Å²) in [7, 11) is 1.78. The fraction of sp³-hybridized carbons (Fsp3) is 0.389. The molecule has 26 heavy (non-hydrogen) atoms. The number of benzene rings is 1. The molecule has 4 rings (SSSR count). The smallest absolute Gasteiger partial charge is 0.274 e. The Morgan fingerprint density at radius 2 is 2.12 bits per heavy atom. The van der Waals surface area contributed by atoms with E-state index in [-0.39, 0.29) is 17.8 Å². The van der Waals surface area contributed by atoms with E-state index in [0.29, 0.717) is 29.5 Å². The lowest BCUT2D eigenvalue weighted by Crippen LogP contribution is -2.42. The largest absolute Gasteiger partial charge is 0.467 e. The molecule has 0 N–H and O–H groups in total. The Labute approximate surface area is 154 Å². The number of carbonyl (C=O) groups is 1. The van der Waals surface area contributed by atoms with Crippen LogP contribution < -0.4 is 4.74 Å². The lowest BCUT2D eigenvalue weighted by atomic mass is 10.1. The number of hydrogen-bond acceptors (Lipinski definition) is 5. The summed E-state index contributed by atoms with van der Waals surface area (Å²) in [6, 6.07) is 6.71. The number of aromatic nitrogens is 3. The van der Waals surface area contributed by atoms with Crippen LogP contribution in [0.2, 0.25) is 0 Å². The van der Waals surface area contributed by atoms with E-state index in [1.807, 2.05) is 17.9 Å². The van der Waals surface area contributed by atoms with Crippen LogP contribution in [0.15, 0.2) is 24.3 Å². The summed E-state index contributed by atoms with van der Waals surface area (Å²) in [4.78, 5) is 18.7. The van der Waals surface area contributed by atoms with Crippen LogP contribution in [0, 0.1) is 12.7 Å². The highest BCUT2D eigenvalue weighted by Crippen LogP contribution is 2.31. The SMILES string of the molecule is Cc1cc(C(=O)N2CCC(Oc3nc4c(F)cccc4s3)CC2)n(C)n1. The van der Waals surface area contributed by atoms with Crippen molar-refractivity contribution in [3.8, 4) is 5.19 Å². The van der Waals surface area contributed by atoms with E-state index in [9.17, 15) is 9.18 Å². The number of ether oxygens (including phenoxy) is 1. The Morgan fingerprint density at radius 3 is 2.77 bits per heavy atom. The van der Waals surface area contributed by atoms with Crippen LogP contribution in [0.3, 0.4) is 0 Å². The van der Waals surface area contributed by atoms with Gasteiger partial charge in [0.25, 0.3) is 11.1 Å². The van der Waals surface area contributed by atoms with E-state index in [4.69, 9.17) is 4.74 Å². The summed E-state index contributed by atoms with van der Waals surface area (Å²) >= 11 is 1.35. The minimum Gasteiger partial charge on any atom is -0.467 e. The Hall–Kier alpha value is -2.48. The molecular weight excluding hydrogens is 355 g/mol. The van der Waals surface area contributed by atoms with Crippen LogP contribution in [-0.2, 0) is 7.05 Å². The van der Waals surface area contributed by atoms with Gasteiger partial charge in [-0.3, -0.25) is 9.48 Å². The van der Waals surface area contributed by atoms with Gasteiger partial charge >= 0.3 is 0 Å². The molecule has 0 radical (unpaired) electrons. The van der Waals surface area contributed by atoms with Crippen LogP contribution in [0.25, 0.3) is 10.2 Å². The van der Waals surface area contributed by atoms with Crippen molar-refractivity contribution in [2.75, 3.05) is 13.1 Å². The van der Waals surface area contributed by atoms with Gasteiger partial charge in [-0.1, -0.05) is 17.4 Å². The van der Waals surface area contributed by atoms with Crippen molar-refractivity contribution < 1.29 is 13.9 Å². The highest BCUT2D eigenvalue weighted by atomic mass is 32.1. The summed E-state index contributed by atoms with van der Waals surface area (Å²) < 4.78 is 22.1. The summed E-state index contributed by atoms with van der Waals surface area (Å²) in [6.45, 7) is 3.11. The van der Waals surface area contributed by atoms with Gasteiger partial charge in [0.05, 0.1) is 10.4 Å². The number of amides is 1. The van der Waals surface area contributed by atoms with Crippen molar-refractivity contribution in [1.29, 1.82) is 0 Å². The van der Waals surface area contributed by atoms with Gasteiger partial charge in [0.15, 0.2) is 0 Å².